The Kier molecular flexibility index (Phi) is 2.82. The third-order valence-corrected chi connectivity index (χ3v) is 2.33. The minimum Gasteiger partial charge on any atom is -0.396 e. The molecular weight excluding hydrogens is 220 g/mol. The standard InChI is InChI=1S/C10H14N6O/c1-3-6-4-8(14-13-6)12-10(17)9-7(11)5-16(2)15-9/h4-5H,3,11H2,1-2H3,(H2,12,13,14,17). The van der Waals surface area contributed by atoms with E-state index in [1.54, 1.807) is 19.3 Å². The molecule has 0 saturated heterocycles. The fourth-order valence-electron chi connectivity index (χ4n) is 1.47. The van der Waals surface area contributed by atoms with Crippen molar-refractivity contribution in [3.63, 3.8) is 0 Å². The fraction of sp³-hybridized carbons (Fsp3) is 0.300. The van der Waals surface area contributed by atoms with Gasteiger partial charge < -0.3 is 11.1 Å². The van der Waals surface area contributed by atoms with Crippen LogP contribution in [0.2, 0.25) is 0 Å². The van der Waals surface area contributed by atoms with Crippen molar-refractivity contribution < 1.29 is 4.79 Å². The zero-order chi connectivity index (χ0) is 12.4. The number of aromatic amines is 1. The maximum absolute atomic E-state index is 11.8. The van der Waals surface area contributed by atoms with Crippen molar-refractivity contribution in [1.29, 1.82) is 0 Å². The van der Waals surface area contributed by atoms with E-state index >= 15 is 0 Å². The molecule has 0 aliphatic carbocycles. The number of anilines is 2. The van der Waals surface area contributed by atoms with Crippen molar-refractivity contribution in [2.45, 2.75) is 13.3 Å². The summed E-state index contributed by atoms with van der Waals surface area (Å²) in [4.78, 5) is 11.8. The van der Waals surface area contributed by atoms with Gasteiger partial charge >= 0.3 is 0 Å². The molecule has 2 aromatic heterocycles. The average molecular weight is 234 g/mol. The Morgan fingerprint density at radius 1 is 1.65 bits per heavy atom. The molecule has 2 heterocycles. The zero-order valence-electron chi connectivity index (χ0n) is 9.69. The molecule has 0 aromatic carbocycles. The van der Waals surface area contributed by atoms with Crippen molar-refractivity contribution in [3.05, 3.63) is 23.7 Å². The van der Waals surface area contributed by atoms with Crippen LogP contribution in [0.5, 0.6) is 0 Å². The number of H-pyrrole nitrogens is 1. The lowest BCUT2D eigenvalue weighted by atomic mass is 10.3. The Bertz CT molecular complexity index is 541. The first-order valence-electron chi connectivity index (χ1n) is 5.25. The molecule has 1 amide bonds. The summed E-state index contributed by atoms with van der Waals surface area (Å²) >= 11 is 0. The topological polar surface area (TPSA) is 102 Å². The molecule has 0 radical (unpaired) electrons. The largest absolute Gasteiger partial charge is 0.396 e. The van der Waals surface area contributed by atoms with Gasteiger partial charge in [-0.05, 0) is 6.42 Å². The van der Waals surface area contributed by atoms with E-state index in [0.29, 0.717) is 11.5 Å². The number of carbonyl (C=O) groups excluding carboxylic acids is 1. The van der Waals surface area contributed by atoms with Gasteiger partial charge in [-0.2, -0.15) is 10.2 Å². The fourth-order valence-corrected chi connectivity index (χ4v) is 1.47. The molecule has 7 heteroatoms. The summed E-state index contributed by atoms with van der Waals surface area (Å²) in [6, 6.07) is 1.77. The van der Waals surface area contributed by atoms with Crippen LogP contribution < -0.4 is 11.1 Å². The Morgan fingerprint density at radius 2 is 2.41 bits per heavy atom. The predicted octanol–water partition coefficient (Wildman–Crippen LogP) is 0.540. The Labute approximate surface area is 98.0 Å². The molecule has 0 atom stereocenters. The number of nitrogens with zero attached hydrogens (tertiary/aromatic N) is 3. The van der Waals surface area contributed by atoms with Crippen LogP contribution >= 0.6 is 0 Å². The number of hydrogen-bond donors (Lipinski definition) is 3. The Morgan fingerprint density at radius 3 is 2.94 bits per heavy atom. The van der Waals surface area contributed by atoms with Crippen LogP contribution in [0.15, 0.2) is 12.3 Å². The number of amides is 1. The number of hydrogen-bond acceptors (Lipinski definition) is 4. The quantitative estimate of drug-likeness (QED) is 0.721. The second-order valence-electron chi connectivity index (χ2n) is 3.69. The summed E-state index contributed by atoms with van der Waals surface area (Å²) < 4.78 is 1.49. The maximum atomic E-state index is 11.8. The first-order chi connectivity index (χ1) is 8.10. The van der Waals surface area contributed by atoms with Crippen LogP contribution in [0, 0.1) is 0 Å². The molecule has 0 spiro atoms. The Hall–Kier alpha value is -2.31. The zero-order valence-corrected chi connectivity index (χ0v) is 9.69. The normalized spacial score (nSPS) is 10.5. The van der Waals surface area contributed by atoms with E-state index in [9.17, 15) is 4.79 Å². The highest BCUT2D eigenvalue weighted by Crippen LogP contribution is 2.12. The van der Waals surface area contributed by atoms with Crippen LogP contribution in [0.25, 0.3) is 0 Å². The van der Waals surface area contributed by atoms with Gasteiger partial charge in [-0.15, -0.1) is 0 Å². The minimum atomic E-state index is -0.364. The molecule has 0 aliphatic heterocycles. The molecule has 2 rings (SSSR count). The van der Waals surface area contributed by atoms with Crippen LogP contribution in [0.4, 0.5) is 11.5 Å². The summed E-state index contributed by atoms with van der Waals surface area (Å²) in [5.41, 5.74) is 7.15. The summed E-state index contributed by atoms with van der Waals surface area (Å²) in [5, 5.41) is 13.4. The van der Waals surface area contributed by atoms with Crippen molar-refractivity contribution in [1.82, 2.24) is 20.0 Å². The number of nitrogen functional groups attached to an aromatic ring is 1. The van der Waals surface area contributed by atoms with Gasteiger partial charge in [0.15, 0.2) is 11.5 Å². The highest BCUT2D eigenvalue weighted by molar-refractivity contribution is 6.05. The molecule has 7 nitrogen and oxygen atoms in total. The number of carbonyl (C=O) groups is 1. The molecule has 4 N–H and O–H groups in total. The lowest BCUT2D eigenvalue weighted by Crippen LogP contribution is -2.14. The highest BCUT2D eigenvalue weighted by Gasteiger charge is 2.15. The SMILES string of the molecule is CCc1cc(NC(=O)c2nn(C)cc2N)n[nH]1. The summed E-state index contributed by atoms with van der Waals surface area (Å²) in [6.07, 6.45) is 2.41. The van der Waals surface area contributed by atoms with Crippen molar-refractivity contribution in [2.24, 2.45) is 7.05 Å². The third kappa shape index (κ3) is 2.27. The molecule has 0 bridgehead atoms. The van der Waals surface area contributed by atoms with Gasteiger partial charge in [0.2, 0.25) is 0 Å². The van der Waals surface area contributed by atoms with Crippen molar-refractivity contribution >= 4 is 17.4 Å². The van der Waals surface area contributed by atoms with Crippen LogP contribution in [-0.4, -0.2) is 25.9 Å². The first kappa shape index (κ1) is 11.2. The van der Waals surface area contributed by atoms with Crippen LogP contribution in [-0.2, 0) is 13.5 Å². The van der Waals surface area contributed by atoms with Gasteiger partial charge in [0.25, 0.3) is 5.91 Å². The molecule has 2 aromatic rings. The molecule has 90 valence electrons. The van der Waals surface area contributed by atoms with Gasteiger partial charge in [0, 0.05) is 25.0 Å². The van der Waals surface area contributed by atoms with E-state index in [4.69, 9.17) is 5.73 Å². The monoisotopic (exact) mass is 234 g/mol. The van der Waals surface area contributed by atoms with Gasteiger partial charge in [-0.3, -0.25) is 14.6 Å². The highest BCUT2D eigenvalue weighted by atomic mass is 16.2. The van der Waals surface area contributed by atoms with Crippen LogP contribution in [0.3, 0.4) is 0 Å². The second kappa shape index (κ2) is 4.28. The van der Waals surface area contributed by atoms with Crippen molar-refractivity contribution in [3.8, 4) is 0 Å². The molecule has 0 unspecified atom stereocenters. The number of aryl methyl sites for hydroxylation is 2. The van der Waals surface area contributed by atoms with E-state index in [-0.39, 0.29) is 11.6 Å². The van der Waals surface area contributed by atoms with E-state index in [1.807, 2.05) is 6.92 Å². The van der Waals surface area contributed by atoms with Crippen molar-refractivity contribution in [2.75, 3.05) is 11.1 Å². The molecule has 0 aliphatic rings. The molecule has 0 saturated carbocycles. The number of aromatic nitrogens is 4. The molecule has 17 heavy (non-hydrogen) atoms. The second-order valence-corrected chi connectivity index (χ2v) is 3.69. The third-order valence-electron chi connectivity index (χ3n) is 2.33. The number of nitrogens with two attached hydrogens (primary N) is 1. The predicted molar refractivity (Wildman–Crippen MR) is 63.5 cm³/mol. The average Bonchev–Trinajstić information content (AvgIpc) is 2.85. The summed E-state index contributed by atoms with van der Waals surface area (Å²) in [5.74, 6) is 0.106. The van der Waals surface area contributed by atoms with E-state index in [0.717, 1.165) is 12.1 Å². The molecular formula is C10H14N6O. The van der Waals surface area contributed by atoms with Gasteiger partial charge in [-0.1, -0.05) is 6.92 Å². The first-order valence-corrected chi connectivity index (χ1v) is 5.25. The summed E-state index contributed by atoms with van der Waals surface area (Å²) in [6.45, 7) is 2.00. The summed E-state index contributed by atoms with van der Waals surface area (Å²) in [7, 11) is 1.71. The van der Waals surface area contributed by atoms with E-state index < -0.39 is 0 Å². The lowest BCUT2D eigenvalue weighted by molar-refractivity contribution is 0.102. The van der Waals surface area contributed by atoms with Gasteiger partial charge in [0.1, 0.15) is 0 Å². The van der Waals surface area contributed by atoms with E-state index in [2.05, 4.69) is 20.6 Å². The smallest absolute Gasteiger partial charge is 0.279 e. The minimum absolute atomic E-state index is 0.202. The van der Waals surface area contributed by atoms with Gasteiger partial charge in [0.05, 0.1) is 5.69 Å². The van der Waals surface area contributed by atoms with E-state index in [1.165, 1.54) is 4.68 Å². The number of rotatable bonds is 3. The molecule has 0 fully saturated rings. The number of nitrogens with one attached hydrogen (secondary N) is 2. The van der Waals surface area contributed by atoms with Crippen LogP contribution in [0.1, 0.15) is 23.1 Å². The Balaban J connectivity index is 2.14. The maximum Gasteiger partial charge on any atom is 0.279 e. The van der Waals surface area contributed by atoms with Gasteiger partial charge in [-0.25, -0.2) is 0 Å². The lowest BCUT2D eigenvalue weighted by Gasteiger charge is -1.98.